The molecule has 5 nitrogen and oxygen atoms in total. The van der Waals surface area contributed by atoms with E-state index < -0.39 is 0 Å². The van der Waals surface area contributed by atoms with Gasteiger partial charge < -0.3 is 14.6 Å². The first-order valence-corrected chi connectivity index (χ1v) is 8.13. The van der Waals surface area contributed by atoms with Crippen LogP contribution in [0.3, 0.4) is 0 Å². The Labute approximate surface area is 127 Å². The van der Waals surface area contributed by atoms with Gasteiger partial charge in [0.05, 0.1) is 13.2 Å². The molecule has 21 heavy (non-hydrogen) atoms. The third-order valence-electron chi connectivity index (χ3n) is 4.68. The van der Waals surface area contributed by atoms with E-state index in [-0.39, 0.29) is 5.41 Å². The van der Waals surface area contributed by atoms with Crippen molar-refractivity contribution in [3.63, 3.8) is 0 Å². The van der Waals surface area contributed by atoms with Crippen LogP contribution in [0.25, 0.3) is 0 Å². The van der Waals surface area contributed by atoms with Crippen LogP contribution in [0, 0.1) is 5.41 Å². The molecule has 2 heterocycles. The molecule has 5 heteroatoms. The fourth-order valence-electron chi connectivity index (χ4n) is 3.30. The summed E-state index contributed by atoms with van der Waals surface area (Å²) in [5.74, 6) is 1.12. The molecule has 0 aromatic carbocycles. The number of rotatable bonds is 7. The van der Waals surface area contributed by atoms with Gasteiger partial charge in [0.25, 0.3) is 0 Å². The minimum atomic E-state index is 0.265. The lowest BCUT2D eigenvalue weighted by Gasteiger charge is -2.40. The van der Waals surface area contributed by atoms with Gasteiger partial charge in [-0.25, -0.2) is 4.98 Å². The molecule has 2 fully saturated rings. The maximum absolute atomic E-state index is 5.81. The van der Waals surface area contributed by atoms with Crippen molar-refractivity contribution in [2.75, 3.05) is 33.4 Å². The molecular weight excluding hydrogens is 264 g/mol. The van der Waals surface area contributed by atoms with Gasteiger partial charge in [-0.1, -0.05) is 0 Å². The van der Waals surface area contributed by atoms with Crippen molar-refractivity contribution in [2.24, 2.45) is 12.5 Å². The van der Waals surface area contributed by atoms with E-state index in [2.05, 4.69) is 33.9 Å². The molecule has 0 bridgehead atoms. The van der Waals surface area contributed by atoms with E-state index in [1.54, 1.807) is 0 Å². The third kappa shape index (κ3) is 4.05. The van der Waals surface area contributed by atoms with E-state index in [4.69, 9.17) is 4.74 Å². The van der Waals surface area contributed by atoms with E-state index >= 15 is 0 Å². The number of aromatic nitrogens is 2. The monoisotopic (exact) mass is 292 g/mol. The Kier molecular flexibility index (Phi) is 4.62. The van der Waals surface area contributed by atoms with Crippen molar-refractivity contribution in [3.8, 4) is 0 Å². The highest BCUT2D eigenvalue weighted by Crippen LogP contribution is 2.31. The first-order valence-electron chi connectivity index (χ1n) is 8.13. The molecule has 0 amide bonds. The number of imidazole rings is 1. The second kappa shape index (κ2) is 6.46. The van der Waals surface area contributed by atoms with Crippen LogP contribution in [-0.4, -0.2) is 53.8 Å². The first-order chi connectivity index (χ1) is 10.2. The van der Waals surface area contributed by atoms with Crippen molar-refractivity contribution in [3.05, 3.63) is 18.2 Å². The molecular formula is C16H28N4O. The highest BCUT2D eigenvalue weighted by atomic mass is 16.5. The van der Waals surface area contributed by atoms with E-state index in [1.807, 2.05) is 12.4 Å². The minimum Gasteiger partial charge on any atom is -0.381 e. The molecule has 1 N–H and O–H groups in total. The molecule has 1 aliphatic heterocycles. The van der Waals surface area contributed by atoms with E-state index in [9.17, 15) is 0 Å². The molecule has 0 radical (unpaired) electrons. The molecule has 3 rings (SSSR count). The molecule has 1 atom stereocenters. The van der Waals surface area contributed by atoms with E-state index in [0.29, 0.717) is 0 Å². The van der Waals surface area contributed by atoms with Crippen molar-refractivity contribution in [2.45, 2.75) is 38.3 Å². The van der Waals surface area contributed by atoms with Crippen LogP contribution in [0.5, 0.6) is 0 Å². The summed E-state index contributed by atoms with van der Waals surface area (Å²) in [5.41, 5.74) is 0.265. The van der Waals surface area contributed by atoms with Gasteiger partial charge in [0, 0.05) is 50.6 Å². The number of aryl methyl sites for hydroxylation is 1. The predicted octanol–water partition coefficient (Wildman–Crippen LogP) is 1.40. The third-order valence-corrected chi connectivity index (χ3v) is 4.68. The van der Waals surface area contributed by atoms with Crippen molar-refractivity contribution < 1.29 is 4.74 Å². The Balaban J connectivity index is 1.58. The van der Waals surface area contributed by atoms with Gasteiger partial charge in [-0.15, -0.1) is 0 Å². The first kappa shape index (κ1) is 15.0. The fourth-order valence-corrected chi connectivity index (χ4v) is 3.30. The summed E-state index contributed by atoms with van der Waals surface area (Å²) in [6.45, 7) is 4.86. The highest BCUT2D eigenvalue weighted by Gasteiger charge is 2.36. The Morgan fingerprint density at radius 3 is 3.00 bits per heavy atom. The Bertz CT molecular complexity index is 449. The minimum absolute atomic E-state index is 0.265. The van der Waals surface area contributed by atoms with Gasteiger partial charge in [0.1, 0.15) is 5.82 Å². The Morgan fingerprint density at radius 1 is 1.52 bits per heavy atom. The summed E-state index contributed by atoms with van der Waals surface area (Å²) >= 11 is 0. The van der Waals surface area contributed by atoms with Gasteiger partial charge in [0.15, 0.2) is 0 Å². The maximum Gasteiger partial charge on any atom is 0.122 e. The molecule has 1 saturated carbocycles. The summed E-state index contributed by atoms with van der Waals surface area (Å²) in [7, 11) is 4.26. The second-order valence-electron chi connectivity index (χ2n) is 6.94. The molecule has 1 aliphatic carbocycles. The summed E-state index contributed by atoms with van der Waals surface area (Å²) in [4.78, 5) is 6.82. The van der Waals surface area contributed by atoms with Crippen LogP contribution in [0.4, 0.5) is 0 Å². The molecule has 2 aliphatic rings. The molecule has 1 aromatic rings. The Hall–Kier alpha value is -0.910. The molecule has 1 saturated heterocycles. The fraction of sp³-hybridized carbons (Fsp3) is 0.812. The summed E-state index contributed by atoms with van der Waals surface area (Å²) in [6, 6.07) is 0.767. The zero-order chi connectivity index (χ0) is 14.7. The lowest BCUT2D eigenvalue weighted by Crippen LogP contribution is -2.48. The van der Waals surface area contributed by atoms with Crippen LogP contribution >= 0.6 is 0 Å². The topological polar surface area (TPSA) is 42.3 Å². The second-order valence-corrected chi connectivity index (χ2v) is 6.94. The van der Waals surface area contributed by atoms with Crippen LogP contribution in [0.15, 0.2) is 12.4 Å². The standard InChI is InChI=1S/C16H28N4O/c1-19(10-15-17-7-8-20(15)2)12-16(6-3-9-21-13-16)11-18-14-4-5-14/h7-8,14,18H,3-6,9-13H2,1-2H3. The SMILES string of the molecule is CN(Cc1nccn1C)CC1(CNC2CC2)CCCOC1. The van der Waals surface area contributed by atoms with Crippen molar-refractivity contribution in [1.82, 2.24) is 19.8 Å². The zero-order valence-corrected chi connectivity index (χ0v) is 13.3. The number of nitrogens with zero attached hydrogens (tertiary/aromatic N) is 3. The number of nitrogens with one attached hydrogen (secondary N) is 1. The van der Waals surface area contributed by atoms with E-state index in [1.165, 1.54) is 25.7 Å². The van der Waals surface area contributed by atoms with E-state index in [0.717, 1.165) is 44.7 Å². The normalized spacial score (nSPS) is 26.4. The van der Waals surface area contributed by atoms with Crippen LogP contribution < -0.4 is 5.32 Å². The number of hydrogen-bond acceptors (Lipinski definition) is 4. The van der Waals surface area contributed by atoms with Crippen LogP contribution in [-0.2, 0) is 18.3 Å². The van der Waals surface area contributed by atoms with Crippen molar-refractivity contribution in [1.29, 1.82) is 0 Å². The quantitative estimate of drug-likeness (QED) is 0.825. The largest absolute Gasteiger partial charge is 0.381 e. The predicted molar refractivity (Wildman–Crippen MR) is 83.1 cm³/mol. The number of hydrogen-bond donors (Lipinski definition) is 1. The molecule has 0 spiro atoms. The average molecular weight is 292 g/mol. The molecule has 1 aromatic heterocycles. The Morgan fingerprint density at radius 2 is 2.38 bits per heavy atom. The summed E-state index contributed by atoms with van der Waals surface area (Å²) in [6.07, 6.45) is 9.02. The lowest BCUT2D eigenvalue weighted by molar-refractivity contribution is -0.0242. The van der Waals surface area contributed by atoms with Crippen LogP contribution in [0.1, 0.15) is 31.5 Å². The zero-order valence-electron chi connectivity index (χ0n) is 13.3. The van der Waals surface area contributed by atoms with Gasteiger partial charge in [0.2, 0.25) is 0 Å². The lowest BCUT2D eigenvalue weighted by atomic mass is 9.81. The van der Waals surface area contributed by atoms with Gasteiger partial charge in [-0.05, 0) is 32.7 Å². The van der Waals surface area contributed by atoms with Gasteiger partial charge in [-0.2, -0.15) is 0 Å². The van der Waals surface area contributed by atoms with Gasteiger partial charge in [-0.3, -0.25) is 4.90 Å². The summed E-state index contributed by atoms with van der Waals surface area (Å²) < 4.78 is 7.91. The average Bonchev–Trinajstić information content (AvgIpc) is 3.22. The number of ether oxygens (including phenoxy) is 1. The van der Waals surface area contributed by atoms with Gasteiger partial charge >= 0.3 is 0 Å². The maximum atomic E-state index is 5.81. The molecule has 118 valence electrons. The highest BCUT2D eigenvalue weighted by molar-refractivity contribution is 4.94. The van der Waals surface area contributed by atoms with Crippen LogP contribution in [0.2, 0.25) is 0 Å². The van der Waals surface area contributed by atoms with Crippen molar-refractivity contribution >= 4 is 0 Å². The summed E-state index contributed by atoms with van der Waals surface area (Å²) in [5, 5.41) is 3.72. The molecule has 1 unspecified atom stereocenters. The smallest absolute Gasteiger partial charge is 0.122 e.